The second kappa shape index (κ2) is 6.99. The molecule has 132 valence electrons. The van der Waals surface area contributed by atoms with E-state index in [0.717, 1.165) is 36.8 Å². The van der Waals surface area contributed by atoms with Crippen molar-refractivity contribution in [3.8, 4) is 16.9 Å². The Kier molecular flexibility index (Phi) is 4.55. The third-order valence-electron chi connectivity index (χ3n) is 5.50. The van der Waals surface area contributed by atoms with Gasteiger partial charge in [0, 0.05) is 5.92 Å². The van der Waals surface area contributed by atoms with Crippen molar-refractivity contribution in [3.05, 3.63) is 88.5 Å². The molecule has 0 spiro atoms. The van der Waals surface area contributed by atoms with Crippen LogP contribution in [0.1, 0.15) is 60.4 Å². The minimum Gasteiger partial charge on any atom is -0.507 e. The van der Waals surface area contributed by atoms with Crippen LogP contribution in [0, 0.1) is 0 Å². The Morgan fingerprint density at radius 2 is 1.19 bits per heavy atom. The minimum atomic E-state index is 0.259. The first-order chi connectivity index (χ1) is 12.7. The monoisotopic (exact) mass is 342 g/mol. The number of hydrogen-bond donors (Lipinski definition) is 1. The van der Waals surface area contributed by atoms with Gasteiger partial charge in [-0.25, -0.2) is 0 Å². The second-order valence-electron chi connectivity index (χ2n) is 7.30. The summed E-state index contributed by atoms with van der Waals surface area (Å²) in [7, 11) is 0. The summed E-state index contributed by atoms with van der Waals surface area (Å²) in [4.78, 5) is 0. The fourth-order valence-corrected chi connectivity index (χ4v) is 4.39. The Morgan fingerprint density at radius 3 is 1.65 bits per heavy atom. The van der Waals surface area contributed by atoms with Crippen LogP contribution in [0.5, 0.6) is 5.75 Å². The number of aryl methyl sites for hydroxylation is 2. The van der Waals surface area contributed by atoms with Gasteiger partial charge in [-0.2, -0.15) is 0 Å². The van der Waals surface area contributed by atoms with E-state index in [1.54, 1.807) is 0 Å². The lowest BCUT2D eigenvalue weighted by Gasteiger charge is -2.19. The van der Waals surface area contributed by atoms with E-state index in [-0.39, 0.29) is 5.92 Å². The van der Waals surface area contributed by atoms with Gasteiger partial charge in [0.15, 0.2) is 0 Å². The number of benzene rings is 3. The molecule has 1 nitrogen and oxygen atoms in total. The van der Waals surface area contributed by atoms with E-state index in [9.17, 15) is 5.11 Å². The van der Waals surface area contributed by atoms with Gasteiger partial charge in [-0.05, 0) is 51.8 Å². The summed E-state index contributed by atoms with van der Waals surface area (Å²) < 4.78 is 0. The van der Waals surface area contributed by atoms with Crippen molar-refractivity contribution < 1.29 is 5.11 Å². The first kappa shape index (κ1) is 16.9. The van der Waals surface area contributed by atoms with E-state index >= 15 is 0 Å². The molecule has 26 heavy (non-hydrogen) atoms. The van der Waals surface area contributed by atoms with Gasteiger partial charge in [0.25, 0.3) is 0 Å². The van der Waals surface area contributed by atoms with Crippen molar-refractivity contribution in [1.29, 1.82) is 0 Å². The third-order valence-corrected chi connectivity index (χ3v) is 5.50. The van der Waals surface area contributed by atoms with E-state index in [2.05, 4.69) is 74.5 Å². The van der Waals surface area contributed by atoms with E-state index in [1.165, 1.54) is 27.8 Å². The number of rotatable bonds is 5. The van der Waals surface area contributed by atoms with Gasteiger partial charge in [-0.15, -0.1) is 0 Å². The number of aromatic hydroxyl groups is 1. The highest BCUT2D eigenvalue weighted by molar-refractivity contribution is 5.80. The highest BCUT2D eigenvalue weighted by Crippen LogP contribution is 2.48. The average Bonchev–Trinajstić information content (AvgIpc) is 3.00. The molecule has 0 aromatic heterocycles. The molecule has 0 saturated carbocycles. The Bertz CT molecular complexity index is 866. The minimum absolute atomic E-state index is 0.259. The van der Waals surface area contributed by atoms with Crippen LogP contribution >= 0.6 is 0 Å². The molecule has 4 rings (SSSR count). The van der Waals surface area contributed by atoms with Gasteiger partial charge in [-0.1, -0.05) is 87.4 Å². The fraction of sp³-hybridized carbons (Fsp3) is 0.280. The number of phenols is 1. The summed E-state index contributed by atoms with van der Waals surface area (Å²) >= 11 is 0. The number of fused-ring (bicyclic) bond motifs is 3. The van der Waals surface area contributed by atoms with E-state index in [1.807, 2.05) is 0 Å². The topological polar surface area (TPSA) is 20.2 Å². The molecule has 0 fully saturated rings. The summed E-state index contributed by atoms with van der Waals surface area (Å²) in [5, 5.41) is 10.7. The SMILES string of the molecule is CCCc1cc(C2c3ccccc3-c3ccccc32)cc(CCC)c1O. The molecule has 1 aliphatic rings. The molecule has 0 unspecified atom stereocenters. The lowest BCUT2D eigenvalue weighted by atomic mass is 9.86. The maximum absolute atomic E-state index is 10.7. The second-order valence-corrected chi connectivity index (χ2v) is 7.30. The molecular formula is C25H26O. The van der Waals surface area contributed by atoms with Gasteiger partial charge in [-0.3, -0.25) is 0 Å². The molecule has 0 radical (unpaired) electrons. The summed E-state index contributed by atoms with van der Waals surface area (Å²) in [5.41, 5.74) is 8.94. The van der Waals surface area contributed by atoms with Gasteiger partial charge < -0.3 is 5.11 Å². The van der Waals surface area contributed by atoms with Crippen molar-refractivity contribution >= 4 is 0 Å². The smallest absolute Gasteiger partial charge is 0.121 e. The van der Waals surface area contributed by atoms with Crippen LogP contribution in [0.15, 0.2) is 60.7 Å². The molecule has 0 heterocycles. The molecule has 0 aliphatic heterocycles. The van der Waals surface area contributed by atoms with Crippen molar-refractivity contribution in [2.24, 2.45) is 0 Å². The molecule has 0 saturated heterocycles. The highest BCUT2D eigenvalue weighted by Gasteiger charge is 2.30. The van der Waals surface area contributed by atoms with Gasteiger partial charge in [0.1, 0.15) is 5.75 Å². The third kappa shape index (κ3) is 2.72. The summed E-state index contributed by atoms with van der Waals surface area (Å²) in [6.07, 6.45) is 3.93. The van der Waals surface area contributed by atoms with E-state index in [0.29, 0.717) is 5.75 Å². The van der Waals surface area contributed by atoms with Crippen molar-refractivity contribution in [3.63, 3.8) is 0 Å². The highest BCUT2D eigenvalue weighted by atomic mass is 16.3. The predicted molar refractivity (Wildman–Crippen MR) is 109 cm³/mol. The standard InChI is InChI=1S/C25H26O/c1-3-9-17-15-19(16-18(10-4-2)25(17)26)24-22-13-7-5-11-20(22)21-12-6-8-14-23(21)24/h5-8,11-16,24,26H,3-4,9-10H2,1-2H3. The Morgan fingerprint density at radius 1 is 0.731 bits per heavy atom. The van der Waals surface area contributed by atoms with Gasteiger partial charge in [0.05, 0.1) is 0 Å². The van der Waals surface area contributed by atoms with Gasteiger partial charge in [0.2, 0.25) is 0 Å². The van der Waals surface area contributed by atoms with Crippen LogP contribution in [-0.4, -0.2) is 5.11 Å². The molecule has 0 bridgehead atoms. The zero-order chi connectivity index (χ0) is 18.1. The van der Waals surface area contributed by atoms with Crippen LogP contribution in [-0.2, 0) is 12.8 Å². The van der Waals surface area contributed by atoms with Crippen LogP contribution < -0.4 is 0 Å². The maximum Gasteiger partial charge on any atom is 0.121 e. The van der Waals surface area contributed by atoms with Crippen LogP contribution in [0.3, 0.4) is 0 Å². The quantitative estimate of drug-likeness (QED) is 0.441. The van der Waals surface area contributed by atoms with E-state index < -0.39 is 0 Å². The van der Waals surface area contributed by atoms with Crippen molar-refractivity contribution in [2.75, 3.05) is 0 Å². The predicted octanol–water partition coefficient (Wildman–Crippen LogP) is 6.46. The van der Waals surface area contributed by atoms with Gasteiger partial charge >= 0.3 is 0 Å². The molecule has 3 aromatic rings. The summed E-state index contributed by atoms with van der Waals surface area (Å²) in [6.45, 7) is 4.34. The number of phenolic OH excluding ortho intramolecular Hbond substituents is 1. The zero-order valence-corrected chi connectivity index (χ0v) is 15.6. The van der Waals surface area contributed by atoms with Crippen LogP contribution in [0.4, 0.5) is 0 Å². The zero-order valence-electron chi connectivity index (χ0n) is 15.6. The Hall–Kier alpha value is -2.54. The fourth-order valence-electron chi connectivity index (χ4n) is 4.39. The van der Waals surface area contributed by atoms with E-state index in [4.69, 9.17) is 0 Å². The molecular weight excluding hydrogens is 316 g/mol. The first-order valence-corrected chi connectivity index (χ1v) is 9.77. The lowest BCUT2D eigenvalue weighted by molar-refractivity contribution is 0.459. The average molecular weight is 342 g/mol. The van der Waals surface area contributed by atoms with Crippen molar-refractivity contribution in [2.45, 2.75) is 45.4 Å². The molecule has 0 atom stereocenters. The van der Waals surface area contributed by atoms with Crippen LogP contribution in [0.25, 0.3) is 11.1 Å². The Balaban J connectivity index is 1.92. The molecule has 3 aromatic carbocycles. The first-order valence-electron chi connectivity index (χ1n) is 9.77. The molecule has 0 amide bonds. The number of hydrogen-bond acceptors (Lipinski definition) is 1. The maximum atomic E-state index is 10.7. The van der Waals surface area contributed by atoms with Crippen LogP contribution in [0.2, 0.25) is 0 Å². The van der Waals surface area contributed by atoms with Crippen molar-refractivity contribution in [1.82, 2.24) is 0 Å². The lowest BCUT2D eigenvalue weighted by Crippen LogP contribution is -2.03. The molecule has 1 N–H and O–H groups in total. The molecule has 1 heteroatoms. The summed E-state index contributed by atoms with van der Waals surface area (Å²) in [5.74, 6) is 0.770. The molecule has 1 aliphatic carbocycles. The Labute approximate surface area is 156 Å². The normalized spacial score (nSPS) is 12.8. The largest absolute Gasteiger partial charge is 0.507 e. The summed E-state index contributed by atoms with van der Waals surface area (Å²) in [6, 6.07) is 22.0.